The predicted octanol–water partition coefficient (Wildman–Crippen LogP) is 2.95. The van der Waals surface area contributed by atoms with Crippen molar-refractivity contribution in [2.45, 2.75) is 44.2 Å². The van der Waals surface area contributed by atoms with E-state index in [0.29, 0.717) is 36.3 Å². The van der Waals surface area contributed by atoms with E-state index in [0.717, 1.165) is 51.9 Å². The van der Waals surface area contributed by atoms with Crippen molar-refractivity contribution < 1.29 is 18.7 Å². The Bertz CT molecular complexity index is 1050. The van der Waals surface area contributed by atoms with Crippen LogP contribution in [0.5, 0.6) is 5.75 Å². The second-order valence-corrected chi connectivity index (χ2v) is 10.3. The predicted molar refractivity (Wildman–Crippen MR) is 134 cm³/mol. The molecule has 2 unspecified atom stereocenters. The molecule has 4 fully saturated rings. The molecule has 6 rings (SSSR count). The molecule has 0 aliphatic carbocycles. The molecule has 2 N–H and O–H groups in total. The summed E-state index contributed by atoms with van der Waals surface area (Å²) in [6.07, 6.45) is 5.02. The Kier molecular flexibility index (Phi) is 7.50. The first-order valence-corrected chi connectivity index (χ1v) is 13.0. The minimum atomic E-state index is -0.507. The van der Waals surface area contributed by atoms with Gasteiger partial charge in [0.15, 0.2) is 5.82 Å². The molecular weight excluding hydrogens is 461 g/mol. The van der Waals surface area contributed by atoms with Crippen LogP contribution in [0.4, 0.5) is 4.39 Å². The second-order valence-electron chi connectivity index (χ2n) is 10.3. The molecule has 2 atom stereocenters. The average Bonchev–Trinajstić information content (AvgIpc) is 2.91. The molecule has 5 heterocycles. The van der Waals surface area contributed by atoms with Gasteiger partial charge in [-0.15, -0.1) is 0 Å². The number of hydrogen-bond donors (Lipinski definition) is 2. The maximum Gasteiger partial charge on any atom is 0.223 e. The van der Waals surface area contributed by atoms with E-state index in [-0.39, 0.29) is 23.6 Å². The van der Waals surface area contributed by atoms with E-state index in [9.17, 15) is 9.18 Å². The molecule has 36 heavy (non-hydrogen) atoms. The fourth-order valence-electron chi connectivity index (χ4n) is 6.08. The second kappa shape index (κ2) is 10.8. The lowest BCUT2D eigenvalue weighted by Crippen LogP contribution is -2.67. The fourth-order valence-corrected chi connectivity index (χ4v) is 6.08. The lowest BCUT2D eigenvalue weighted by atomic mass is 9.68. The van der Waals surface area contributed by atoms with E-state index in [1.807, 2.05) is 24.3 Å². The SMILES string of the molecule is COCCOc1ccc(-c2nc(C3N4CCC(CC4)C3(C)NC(=O)C3CCNCC3)ncc2F)cc1. The Hall–Kier alpha value is -2.62. The van der Waals surface area contributed by atoms with E-state index in [1.54, 1.807) is 7.11 Å². The highest BCUT2D eigenvalue weighted by Gasteiger charge is 2.54. The molecule has 1 aromatic carbocycles. The Labute approximate surface area is 212 Å². The summed E-state index contributed by atoms with van der Waals surface area (Å²) >= 11 is 0. The highest BCUT2D eigenvalue weighted by molar-refractivity contribution is 5.79. The molecule has 2 aromatic rings. The number of aromatic nitrogens is 2. The van der Waals surface area contributed by atoms with E-state index in [4.69, 9.17) is 14.5 Å². The molecule has 8 nitrogen and oxygen atoms in total. The first-order chi connectivity index (χ1) is 17.5. The monoisotopic (exact) mass is 497 g/mol. The molecule has 1 amide bonds. The maximum atomic E-state index is 14.9. The van der Waals surface area contributed by atoms with Crippen molar-refractivity contribution in [3.63, 3.8) is 0 Å². The van der Waals surface area contributed by atoms with Crippen LogP contribution in [-0.4, -0.2) is 72.8 Å². The van der Waals surface area contributed by atoms with Gasteiger partial charge in [-0.25, -0.2) is 14.4 Å². The molecule has 194 valence electrons. The van der Waals surface area contributed by atoms with E-state index < -0.39 is 11.4 Å². The molecule has 0 radical (unpaired) electrons. The van der Waals surface area contributed by atoms with Gasteiger partial charge in [-0.2, -0.15) is 0 Å². The third kappa shape index (κ3) is 4.96. The van der Waals surface area contributed by atoms with Crippen molar-refractivity contribution >= 4 is 5.91 Å². The number of amides is 1. The lowest BCUT2D eigenvalue weighted by Gasteiger charge is -2.57. The van der Waals surface area contributed by atoms with Crippen LogP contribution in [0.3, 0.4) is 0 Å². The van der Waals surface area contributed by atoms with Crippen LogP contribution in [0.25, 0.3) is 11.3 Å². The molecule has 4 saturated heterocycles. The third-order valence-corrected chi connectivity index (χ3v) is 8.10. The van der Waals surface area contributed by atoms with E-state index in [1.165, 1.54) is 6.20 Å². The first kappa shape index (κ1) is 25.0. The summed E-state index contributed by atoms with van der Waals surface area (Å²) in [5, 5.41) is 6.77. The summed E-state index contributed by atoms with van der Waals surface area (Å²) in [5.74, 6) is 1.25. The molecule has 0 saturated carbocycles. The molecule has 4 aliphatic rings. The molecule has 4 aliphatic heterocycles. The Balaban J connectivity index is 1.42. The van der Waals surface area contributed by atoms with Crippen LogP contribution < -0.4 is 15.4 Å². The van der Waals surface area contributed by atoms with E-state index in [2.05, 4.69) is 27.4 Å². The summed E-state index contributed by atoms with van der Waals surface area (Å²) in [5.41, 5.74) is 0.414. The van der Waals surface area contributed by atoms with Gasteiger partial charge in [0.2, 0.25) is 5.91 Å². The van der Waals surface area contributed by atoms with Crippen LogP contribution in [-0.2, 0) is 9.53 Å². The van der Waals surface area contributed by atoms with Gasteiger partial charge in [-0.3, -0.25) is 9.69 Å². The number of rotatable bonds is 8. The van der Waals surface area contributed by atoms with Gasteiger partial charge >= 0.3 is 0 Å². The summed E-state index contributed by atoms with van der Waals surface area (Å²) in [7, 11) is 1.63. The van der Waals surface area contributed by atoms with Gasteiger partial charge in [-0.05, 0) is 89.0 Å². The van der Waals surface area contributed by atoms with Crippen LogP contribution in [0.15, 0.2) is 30.5 Å². The van der Waals surface area contributed by atoms with Gasteiger partial charge < -0.3 is 20.1 Å². The zero-order chi connectivity index (χ0) is 25.1. The smallest absolute Gasteiger partial charge is 0.223 e. The van der Waals surface area contributed by atoms with Crippen molar-refractivity contribution in [1.29, 1.82) is 0 Å². The number of benzene rings is 1. The number of ether oxygens (including phenoxy) is 2. The Morgan fingerprint density at radius 2 is 1.89 bits per heavy atom. The van der Waals surface area contributed by atoms with E-state index >= 15 is 0 Å². The summed E-state index contributed by atoms with van der Waals surface area (Å²) in [6.45, 7) is 6.67. The molecule has 2 bridgehead atoms. The maximum absolute atomic E-state index is 14.9. The normalized spacial score (nSPS) is 28.1. The number of carbonyl (C=O) groups excluding carboxylic acids is 1. The zero-order valence-corrected chi connectivity index (χ0v) is 21.1. The third-order valence-electron chi connectivity index (χ3n) is 8.10. The number of nitrogens with zero attached hydrogens (tertiary/aromatic N) is 3. The van der Waals surface area contributed by atoms with Crippen molar-refractivity contribution in [2.75, 3.05) is 46.5 Å². The summed E-state index contributed by atoms with van der Waals surface area (Å²) < 4.78 is 25.6. The van der Waals surface area contributed by atoms with Gasteiger partial charge in [0.05, 0.1) is 24.4 Å². The lowest BCUT2D eigenvalue weighted by molar-refractivity contribution is -0.133. The van der Waals surface area contributed by atoms with Crippen LogP contribution in [0, 0.1) is 17.7 Å². The van der Waals surface area contributed by atoms with Crippen LogP contribution in [0.2, 0.25) is 0 Å². The van der Waals surface area contributed by atoms with Crippen molar-refractivity contribution in [1.82, 2.24) is 25.5 Å². The quantitative estimate of drug-likeness (QED) is 0.542. The first-order valence-electron chi connectivity index (χ1n) is 13.0. The number of nitrogens with one attached hydrogen (secondary N) is 2. The minimum Gasteiger partial charge on any atom is -0.491 e. The summed E-state index contributed by atoms with van der Waals surface area (Å²) in [6, 6.07) is 7.03. The molecule has 0 spiro atoms. The number of hydrogen-bond acceptors (Lipinski definition) is 7. The molecule has 1 aromatic heterocycles. The van der Waals surface area contributed by atoms with Crippen LogP contribution >= 0.6 is 0 Å². The van der Waals surface area contributed by atoms with Gasteiger partial charge in [0, 0.05) is 18.6 Å². The largest absolute Gasteiger partial charge is 0.491 e. The van der Waals surface area contributed by atoms with Crippen molar-refractivity contribution in [3.05, 3.63) is 42.1 Å². The zero-order valence-electron chi connectivity index (χ0n) is 21.1. The molecule has 9 heteroatoms. The number of halogens is 1. The molecular formula is C27H36FN5O3. The minimum absolute atomic E-state index is 0.0218. The van der Waals surface area contributed by atoms with Crippen molar-refractivity contribution in [2.24, 2.45) is 11.8 Å². The number of fused-ring (bicyclic) bond motifs is 3. The number of piperidine rings is 4. The number of methoxy groups -OCH3 is 1. The average molecular weight is 498 g/mol. The Morgan fingerprint density at radius 1 is 1.17 bits per heavy atom. The van der Waals surface area contributed by atoms with Crippen LogP contribution in [0.1, 0.15) is 44.5 Å². The fraction of sp³-hybridized carbons (Fsp3) is 0.593. The van der Waals surface area contributed by atoms with Gasteiger partial charge in [0.1, 0.15) is 23.9 Å². The standard InChI is InChI=1S/C27H36FN5O3/c1-27(32-26(34)19-7-11-29-12-8-19)20-9-13-33(14-10-20)24(27)25-30-17-22(28)23(31-25)18-3-5-21(6-4-18)36-16-15-35-2/h3-6,17,19-20,24,29H,7-16H2,1-2H3,(H,32,34). The van der Waals surface area contributed by atoms with Crippen molar-refractivity contribution in [3.8, 4) is 17.0 Å². The van der Waals surface area contributed by atoms with Gasteiger partial charge in [-0.1, -0.05) is 0 Å². The number of carbonyl (C=O) groups is 1. The van der Waals surface area contributed by atoms with Gasteiger partial charge in [0.25, 0.3) is 0 Å². The Morgan fingerprint density at radius 3 is 2.58 bits per heavy atom. The summed E-state index contributed by atoms with van der Waals surface area (Å²) in [4.78, 5) is 24.9. The highest BCUT2D eigenvalue weighted by atomic mass is 19.1. The highest BCUT2D eigenvalue weighted by Crippen LogP contribution is 2.47. The topological polar surface area (TPSA) is 88.6 Å².